The van der Waals surface area contributed by atoms with Crippen LogP contribution in [-0.2, 0) is 4.43 Å². The van der Waals surface area contributed by atoms with Gasteiger partial charge in [0.2, 0.25) is 8.32 Å². The van der Waals surface area contributed by atoms with Gasteiger partial charge in [-0.15, -0.1) is 13.2 Å². The van der Waals surface area contributed by atoms with Crippen molar-refractivity contribution in [2.24, 2.45) is 0 Å². The molecule has 0 saturated carbocycles. The summed E-state index contributed by atoms with van der Waals surface area (Å²) in [7, 11) is -4.30. The van der Waals surface area contributed by atoms with Gasteiger partial charge in [-0.05, 0) is 25.6 Å². The summed E-state index contributed by atoms with van der Waals surface area (Å²) in [6.07, 6.45) is 0. The van der Waals surface area contributed by atoms with E-state index in [0.717, 1.165) is 0 Å². The highest BCUT2D eigenvalue weighted by Gasteiger charge is 2.47. The maximum Gasteiger partial charge on any atom is 0.245 e. The van der Waals surface area contributed by atoms with Crippen LogP contribution in [-0.4, -0.2) is 21.6 Å². The Balaban J connectivity index is 2.45. The maximum atomic E-state index is 6.88. The molecule has 0 aliphatic rings. The third-order valence-electron chi connectivity index (χ3n) is 5.24. The van der Waals surface area contributed by atoms with Gasteiger partial charge in [0.1, 0.15) is 8.07 Å². The number of hydrogen-bond donors (Lipinski definition) is 0. The maximum absolute atomic E-state index is 6.88. The first kappa shape index (κ1) is 18.6. The molecule has 2 rings (SSSR count). The number of rotatable bonds is 7. The van der Waals surface area contributed by atoms with Crippen molar-refractivity contribution in [3.63, 3.8) is 0 Å². The summed E-state index contributed by atoms with van der Waals surface area (Å²) >= 11 is 0. The average Bonchev–Trinajstić information content (AvgIpc) is 2.61. The van der Waals surface area contributed by atoms with Gasteiger partial charge in [-0.1, -0.05) is 83.8 Å². The molecule has 2 unspecified atom stereocenters. The first-order chi connectivity index (χ1) is 11.3. The molecular formula is C21H28OSi2. The summed E-state index contributed by atoms with van der Waals surface area (Å²) in [5.74, 6) is 0. The van der Waals surface area contributed by atoms with Crippen molar-refractivity contribution in [1.29, 1.82) is 0 Å². The highest BCUT2D eigenvalue weighted by Crippen LogP contribution is 2.29. The van der Waals surface area contributed by atoms with Gasteiger partial charge >= 0.3 is 0 Å². The second-order valence-corrected chi connectivity index (χ2v) is 15.1. The van der Waals surface area contributed by atoms with Gasteiger partial charge in [0.05, 0.1) is 5.22 Å². The standard InChI is InChI=1S/C21H28OSi2/c1-7-23(5,19-15-11-9-12-16-19)21(3,4)22-24(6,8-2)20-17-13-10-14-18-20/h7-18H,1-2H2,3-6H3. The molecule has 2 atom stereocenters. The van der Waals surface area contributed by atoms with Crippen molar-refractivity contribution in [2.75, 3.05) is 0 Å². The molecular weight excluding hydrogens is 324 g/mol. The van der Waals surface area contributed by atoms with E-state index in [4.69, 9.17) is 4.43 Å². The molecule has 0 aromatic heterocycles. The molecule has 0 saturated heterocycles. The summed E-state index contributed by atoms with van der Waals surface area (Å²) in [6, 6.07) is 21.1. The lowest BCUT2D eigenvalue weighted by atomic mass is 10.4. The fourth-order valence-corrected chi connectivity index (χ4v) is 9.26. The predicted molar refractivity (Wildman–Crippen MR) is 111 cm³/mol. The smallest absolute Gasteiger partial charge is 0.245 e. The van der Waals surface area contributed by atoms with Crippen LogP contribution in [0.1, 0.15) is 13.8 Å². The van der Waals surface area contributed by atoms with E-state index in [-0.39, 0.29) is 5.22 Å². The minimum atomic E-state index is -2.24. The van der Waals surface area contributed by atoms with Crippen LogP contribution in [0.4, 0.5) is 0 Å². The fourth-order valence-electron chi connectivity index (χ4n) is 3.12. The molecule has 126 valence electrons. The second kappa shape index (κ2) is 7.05. The molecule has 0 heterocycles. The molecule has 0 aliphatic heterocycles. The van der Waals surface area contributed by atoms with Gasteiger partial charge in [0.25, 0.3) is 0 Å². The predicted octanol–water partition coefficient (Wildman–Crippen LogP) is 4.24. The van der Waals surface area contributed by atoms with Crippen molar-refractivity contribution in [1.82, 2.24) is 0 Å². The summed E-state index contributed by atoms with van der Waals surface area (Å²) in [5, 5.41) is 2.31. The zero-order valence-corrected chi connectivity index (χ0v) is 17.3. The van der Waals surface area contributed by atoms with Crippen molar-refractivity contribution in [3.8, 4) is 0 Å². The summed E-state index contributed by atoms with van der Waals surface area (Å²) < 4.78 is 6.88. The molecule has 2 aromatic rings. The average molecular weight is 353 g/mol. The Morgan fingerprint density at radius 1 is 0.792 bits per heavy atom. The van der Waals surface area contributed by atoms with Crippen molar-refractivity contribution in [2.45, 2.75) is 32.2 Å². The molecule has 24 heavy (non-hydrogen) atoms. The highest BCUT2D eigenvalue weighted by atomic mass is 28.4. The highest BCUT2D eigenvalue weighted by molar-refractivity contribution is 6.98. The van der Waals surface area contributed by atoms with Gasteiger partial charge in [-0.25, -0.2) is 0 Å². The van der Waals surface area contributed by atoms with Crippen LogP contribution < -0.4 is 10.4 Å². The Bertz CT molecular complexity index is 696. The Hall–Kier alpha value is -1.69. The third kappa shape index (κ3) is 3.38. The molecule has 1 nitrogen and oxygen atoms in total. The van der Waals surface area contributed by atoms with E-state index in [0.29, 0.717) is 0 Å². The molecule has 3 heteroatoms. The first-order valence-corrected chi connectivity index (χ1v) is 13.4. The molecule has 2 aromatic carbocycles. The van der Waals surface area contributed by atoms with Gasteiger partial charge in [0, 0.05) is 0 Å². The summed E-state index contributed by atoms with van der Waals surface area (Å²) in [5.41, 5.74) is 4.18. The summed E-state index contributed by atoms with van der Waals surface area (Å²) in [4.78, 5) is 0. The Labute approximate surface area is 148 Å². The lowest BCUT2D eigenvalue weighted by Crippen LogP contribution is -2.66. The molecule has 0 bridgehead atoms. The Morgan fingerprint density at radius 2 is 1.25 bits per heavy atom. The van der Waals surface area contributed by atoms with Crippen LogP contribution in [0, 0.1) is 0 Å². The van der Waals surface area contributed by atoms with Crippen molar-refractivity contribution in [3.05, 3.63) is 85.2 Å². The van der Waals surface area contributed by atoms with Crippen LogP contribution in [0.25, 0.3) is 0 Å². The zero-order chi connectivity index (χ0) is 17.8. The molecule has 0 N–H and O–H groups in total. The second-order valence-electron chi connectivity index (χ2n) is 7.06. The van der Waals surface area contributed by atoms with E-state index in [1.54, 1.807) is 0 Å². The van der Waals surface area contributed by atoms with E-state index in [9.17, 15) is 0 Å². The van der Waals surface area contributed by atoms with Crippen LogP contribution >= 0.6 is 0 Å². The lowest BCUT2D eigenvalue weighted by molar-refractivity contribution is 0.185. The van der Waals surface area contributed by atoms with Crippen molar-refractivity contribution < 1.29 is 4.43 Å². The zero-order valence-electron chi connectivity index (χ0n) is 15.3. The minimum Gasteiger partial charge on any atom is -0.406 e. The quantitative estimate of drug-likeness (QED) is 0.677. The SMILES string of the molecule is C=C[Si](C)(OC(C)(C)[Si](C)(C=C)c1ccccc1)c1ccccc1. The molecule has 0 fully saturated rings. The molecule has 0 radical (unpaired) electrons. The van der Waals surface area contributed by atoms with E-state index >= 15 is 0 Å². The van der Waals surface area contributed by atoms with Gasteiger partial charge in [-0.2, -0.15) is 0 Å². The van der Waals surface area contributed by atoms with Crippen LogP contribution in [0.15, 0.2) is 85.2 Å². The Morgan fingerprint density at radius 3 is 1.67 bits per heavy atom. The van der Waals surface area contributed by atoms with E-state index < -0.39 is 16.4 Å². The summed E-state index contributed by atoms with van der Waals surface area (Å²) in [6.45, 7) is 17.3. The molecule has 0 amide bonds. The first-order valence-electron chi connectivity index (χ1n) is 8.37. The van der Waals surface area contributed by atoms with E-state index in [2.05, 4.69) is 100 Å². The van der Waals surface area contributed by atoms with Crippen molar-refractivity contribution >= 4 is 26.8 Å². The van der Waals surface area contributed by atoms with Gasteiger partial charge in [0.15, 0.2) is 0 Å². The van der Waals surface area contributed by atoms with E-state index in [1.807, 2.05) is 11.8 Å². The van der Waals surface area contributed by atoms with Crippen LogP contribution in [0.3, 0.4) is 0 Å². The van der Waals surface area contributed by atoms with Gasteiger partial charge in [-0.3, -0.25) is 0 Å². The number of hydrogen-bond acceptors (Lipinski definition) is 1. The normalized spacial score (nSPS) is 16.7. The van der Waals surface area contributed by atoms with Crippen LogP contribution in [0.2, 0.25) is 13.1 Å². The fraction of sp³-hybridized carbons (Fsp3) is 0.238. The Kier molecular flexibility index (Phi) is 5.48. The van der Waals surface area contributed by atoms with E-state index in [1.165, 1.54) is 10.4 Å². The monoisotopic (exact) mass is 352 g/mol. The van der Waals surface area contributed by atoms with Gasteiger partial charge < -0.3 is 4.43 Å². The lowest BCUT2D eigenvalue weighted by Gasteiger charge is -2.45. The molecule has 0 aliphatic carbocycles. The molecule has 0 spiro atoms. The topological polar surface area (TPSA) is 9.23 Å². The number of benzene rings is 2. The minimum absolute atomic E-state index is 0.291. The third-order valence-corrected chi connectivity index (χ3v) is 13.6. The van der Waals surface area contributed by atoms with Crippen LogP contribution in [0.5, 0.6) is 0 Å². The largest absolute Gasteiger partial charge is 0.406 e.